The zero-order valence-electron chi connectivity index (χ0n) is 15.9. The highest BCUT2D eigenvalue weighted by atomic mass is 32.1. The Hall–Kier alpha value is -2.67. The minimum atomic E-state index is -0.545. The molecule has 0 spiro atoms. The van der Waals surface area contributed by atoms with Gasteiger partial charge in [-0.05, 0) is 45.0 Å². The van der Waals surface area contributed by atoms with E-state index >= 15 is 0 Å². The highest BCUT2D eigenvalue weighted by Gasteiger charge is 2.15. The first-order valence-corrected chi connectivity index (χ1v) is 9.50. The molecule has 6 nitrogen and oxygen atoms in total. The van der Waals surface area contributed by atoms with Gasteiger partial charge in [-0.3, -0.25) is 4.79 Å². The summed E-state index contributed by atoms with van der Waals surface area (Å²) in [5.41, 5.74) is 2.11. The molecule has 7 heteroatoms. The summed E-state index contributed by atoms with van der Waals surface area (Å²) < 4.78 is 10.8. The van der Waals surface area contributed by atoms with Crippen molar-refractivity contribution >= 4 is 23.2 Å². The molecule has 2 aromatic rings. The molecule has 0 N–H and O–H groups in total. The average Bonchev–Trinajstić information content (AvgIpc) is 3.07. The van der Waals surface area contributed by atoms with Crippen LogP contribution in [0.5, 0.6) is 5.75 Å². The van der Waals surface area contributed by atoms with Crippen LogP contribution >= 0.6 is 11.3 Å². The van der Waals surface area contributed by atoms with Crippen molar-refractivity contribution in [2.45, 2.75) is 27.4 Å². The van der Waals surface area contributed by atoms with E-state index in [0.29, 0.717) is 31.0 Å². The predicted octanol–water partition coefficient (Wildman–Crippen LogP) is 3.61. The maximum atomic E-state index is 12.1. The van der Waals surface area contributed by atoms with E-state index in [1.807, 2.05) is 26.2 Å². The number of carbonyl (C=O) groups excluding carboxylic acids is 2. The van der Waals surface area contributed by atoms with Crippen LogP contribution in [-0.4, -0.2) is 41.5 Å². The minimum Gasteiger partial charge on any atom is -0.487 e. The first-order valence-electron chi connectivity index (χ1n) is 8.62. The van der Waals surface area contributed by atoms with Crippen LogP contribution < -0.4 is 4.74 Å². The number of likely N-dealkylation sites (N-methyl/N-ethyl adjacent to an activating group) is 1. The third kappa shape index (κ3) is 6.53. The molecule has 2 rings (SSSR count). The Balaban J connectivity index is 1.84. The SMILES string of the molecule is C=C(C)CN(CC)C(=O)COC(=O)c1ccc(OCc2csc(C)n2)cc1. The maximum absolute atomic E-state index is 12.1. The molecule has 0 aliphatic rings. The molecule has 0 aliphatic heterocycles. The van der Waals surface area contributed by atoms with E-state index in [4.69, 9.17) is 9.47 Å². The topological polar surface area (TPSA) is 68.7 Å². The fourth-order valence-electron chi connectivity index (χ4n) is 2.32. The van der Waals surface area contributed by atoms with Gasteiger partial charge in [-0.1, -0.05) is 12.2 Å². The Morgan fingerprint density at radius 3 is 2.52 bits per heavy atom. The molecule has 0 atom stereocenters. The lowest BCUT2D eigenvalue weighted by molar-refractivity contribution is -0.133. The van der Waals surface area contributed by atoms with E-state index in [9.17, 15) is 9.59 Å². The summed E-state index contributed by atoms with van der Waals surface area (Å²) in [5.74, 6) is -0.157. The molecule has 0 saturated carbocycles. The fourth-order valence-corrected chi connectivity index (χ4v) is 2.92. The second-order valence-electron chi connectivity index (χ2n) is 6.11. The van der Waals surface area contributed by atoms with Gasteiger partial charge in [0, 0.05) is 18.5 Å². The molecule has 0 unspecified atom stereocenters. The van der Waals surface area contributed by atoms with Crippen LogP contribution in [0, 0.1) is 6.92 Å². The van der Waals surface area contributed by atoms with Crippen LogP contribution in [0.25, 0.3) is 0 Å². The molecule has 1 aromatic heterocycles. The Bertz CT molecular complexity index is 799. The number of rotatable bonds is 9. The van der Waals surface area contributed by atoms with Crippen molar-refractivity contribution in [2.75, 3.05) is 19.7 Å². The molecular weight excluding hydrogens is 364 g/mol. The van der Waals surface area contributed by atoms with Crippen molar-refractivity contribution < 1.29 is 19.1 Å². The summed E-state index contributed by atoms with van der Waals surface area (Å²) in [5, 5.41) is 2.94. The quantitative estimate of drug-likeness (QED) is 0.485. The van der Waals surface area contributed by atoms with Crippen LogP contribution in [0.4, 0.5) is 0 Å². The predicted molar refractivity (Wildman–Crippen MR) is 105 cm³/mol. The van der Waals surface area contributed by atoms with Gasteiger partial charge in [0.2, 0.25) is 0 Å². The third-order valence-electron chi connectivity index (χ3n) is 3.67. The highest BCUT2D eigenvalue weighted by Crippen LogP contribution is 2.16. The molecule has 0 radical (unpaired) electrons. The lowest BCUT2D eigenvalue weighted by atomic mass is 10.2. The lowest BCUT2D eigenvalue weighted by Gasteiger charge is -2.20. The van der Waals surface area contributed by atoms with Crippen LogP contribution in [0.2, 0.25) is 0 Å². The maximum Gasteiger partial charge on any atom is 0.338 e. The van der Waals surface area contributed by atoms with E-state index in [0.717, 1.165) is 16.3 Å². The number of aromatic nitrogens is 1. The van der Waals surface area contributed by atoms with E-state index in [1.165, 1.54) is 0 Å². The zero-order valence-corrected chi connectivity index (χ0v) is 16.7. The van der Waals surface area contributed by atoms with Crippen molar-refractivity contribution in [3.63, 3.8) is 0 Å². The summed E-state index contributed by atoms with van der Waals surface area (Å²) in [6.07, 6.45) is 0. The second kappa shape index (κ2) is 9.87. The van der Waals surface area contributed by atoms with Crippen LogP contribution in [-0.2, 0) is 16.1 Å². The van der Waals surface area contributed by atoms with E-state index in [2.05, 4.69) is 11.6 Å². The van der Waals surface area contributed by atoms with Gasteiger partial charge >= 0.3 is 5.97 Å². The summed E-state index contributed by atoms with van der Waals surface area (Å²) in [4.78, 5) is 30.1. The van der Waals surface area contributed by atoms with Crippen molar-refractivity contribution in [3.8, 4) is 5.75 Å². The van der Waals surface area contributed by atoms with Crippen LogP contribution in [0.1, 0.15) is 34.9 Å². The summed E-state index contributed by atoms with van der Waals surface area (Å²) >= 11 is 1.57. The van der Waals surface area contributed by atoms with Gasteiger partial charge in [0.25, 0.3) is 5.91 Å². The summed E-state index contributed by atoms with van der Waals surface area (Å²) in [6, 6.07) is 6.61. The second-order valence-corrected chi connectivity index (χ2v) is 7.17. The van der Waals surface area contributed by atoms with E-state index in [1.54, 1.807) is 40.5 Å². The molecule has 1 heterocycles. The normalized spacial score (nSPS) is 10.3. The van der Waals surface area contributed by atoms with Crippen LogP contribution in [0.3, 0.4) is 0 Å². The molecule has 1 amide bonds. The van der Waals surface area contributed by atoms with Gasteiger partial charge in [0.1, 0.15) is 12.4 Å². The summed E-state index contributed by atoms with van der Waals surface area (Å²) in [7, 11) is 0. The molecule has 1 aromatic carbocycles. The van der Waals surface area contributed by atoms with Gasteiger partial charge in [-0.25, -0.2) is 9.78 Å². The lowest BCUT2D eigenvalue weighted by Crippen LogP contribution is -2.35. The van der Waals surface area contributed by atoms with Gasteiger partial charge in [-0.2, -0.15) is 0 Å². The highest BCUT2D eigenvalue weighted by molar-refractivity contribution is 7.09. The van der Waals surface area contributed by atoms with Crippen LogP contribution in [0.15, 0.2) is 41.8 Å². The smallest absolute Gasteiger partial charge is 0.338 e. The Kier molecular flexibility index (Phi) is 7.55. The number of amides is 1. The van der Waals surface area contributed by atoms with E-state index < -0.39 is 5.97 Å². The number of carbonyl (C=O) groups is 2. The number of hydrogen-bond acceptors (Lipinski definition) is 6. The molecule has 144 valence electrons. The van der Waals surface area contributed by atoms with Gasteiger partial charge in [0.15, 0.2) is 6.61 Å². The number of esters is 1. The summed E-state index contributed by atoms with van der Waals surface area (Å²) in [6.45, 7) is 10.5. The molecular formula is C20H24N2O4S. The average molecular weight is 388 g/mol. The van der Waals surface area contributed by atoms with Crippen molar-refractivity contribution in [1.82, 2.24) is 9.88 Å². The zero-order chi connectivity index (χ0) is 19.8. The molecule has 27 heavy (non-hydrogen) atoms. The Morgan fingerprint density at radius 1 is 1.26 bits per heavy atom. The first kappa shape index (κ1) is 20.6. The van der Waals surface area contributed by atoms with Crippen molar-refractivity contribution in [1.29, 1.82) is 0 Å². The fraction of sp³-hybridized carbons (Fsp3) is 0.350. The number of ether oxygens (including phenoxy) is 2. The third-order valence-corrected chi connectivity index (χ3v) is 4.49. The van der Waals surface area contributed by atoms with Crippen molar-refractivity contribution in [3.05, 3.63) is 58.1 Å². The molecule has 0 bridgehead atoms. The van der Waals surface area contributed by atoms with Crippen molar-refractivity contribution in [2.24, 2.45) is 0 Å². The Labute approximate surface area is 163 Å². The van der Waals surface area contributed by atoms with E-state index in [-0.39, 0.29) is 12.5 Å². The van der Waals surface area contributed by atoms with Gasteiger partial charge < -0.3 is 14.4 Å². The number of nitrogens with zero attached hydrogens (tertiary/aromatic N) is 2. The van der Waals surface area contributed by atoms with Gasteiger partial charge in [0.05, 0.1) is 16.3 Å². The standard InChI is InChI=1S/C20H24N2O4S/c1-5-22(10-14(2)3)19(23)12-26-20(24)16-6-8-18(9-7-16)25-11-17-13-27-15(4)21-17/h6-9,13H,2,5,10-12H2,1,3-4H3. The number of hydrogen-bond donors (Lipinski definition) is 0. The number of thiazole rings is 1. The minimum absolute atomic E-state index is 0.243. The monoisotopic (exact) mass is 388 g/mol. The first-order chi connectivity index (χ1) is 12.9. The van der Waals surface area contributed by atoms with Gasteiger partial charge in [-0.15, -0.1) is 11.3 Å². The number of aryl methyl sites for hydroxylation is 1. The molecule has 0 saturated heterocycles. The largest absolute Gasteiger partial charge is 0.487 e. The number of benzene rings is 1. The Morgan fingerprint density at radius 2 is 1.96 bits per heavy atom. The molecule has 0 aliphatic carbocycles. The molecule has 0 fully saturated rings.